The summed E-state index contributed by atoms with van der Waals surface area (Å²) in [4.78, 5) is 10.2. The molecule has 0 saturated heterocycles. The van der Waals surface area contributed by atoms with Crippen molar-refractivity contribution < 1.29 is 9.90 Å². The molecule has 0 fully saturated rings. The third kappa shape index (κ3) is 2.07. The number of aromatic nitrogens is 2. The molecule has 1 N–H and O–H groups in total. The minimum absolute atomic E-state index is 0.0556. The Hall–Kier alpha value is -1.32. The minimum atomic E-state index is -0.819. The molecule has 60 valence electrons. The van der Waals surface area contributed by atoms with Crippen molar-refractivity contribution in [3.8, 4) is 0 Å². The molecule has 1 aromatic rings. The normalized spacial score (nSPS) is 9.91. The van der Waals surface area contributed by atoms with E-state index in [0.717, 1.165) is 12.1 Å². The Labute approximate surface area is 64.5 Å². The van der Waals surface area contributed by atoms with E-state index in [4.69, 9.17) is 5.11 Å². The van der Waals surface area contributed by atoms with Crippen molar-refractivity contribution in [1.82, 2.24) is 9.78 Å². The first kappa shape index (κ1) is 7.78. The Morgan fingerprint density at radius 3 is 3.00 bits per heavy atom. The lowest BCUT2D eigenvalue weighted by Gasteiger charge is -1.90. The van der Waals surface area contributed by atoms with Crippen LogP contribution in [-0.4, -0.2) is 20.9 Å². The van der Waals surface area contributed by atoms with E-state index in [0.29, 0.717) is 0 Å². The number of hydrogen-bond donors (Lipinski definition) is 1. The van der Waals surface area contributed by atoms with Gasteiger partial charge in [0.25, 0.3) is 0 Å². The minimum Gasteiger partial charge on any atom is -0.481 e. The molecule has 0 aliphatic rings. The lowest BCUT2D eigenvalue weighted by atomic mass is 10.3. The van der Waals surface area contributed by atoms with Gasteiger partial charge in [-0.15, -0.1) is 0 Å². The maximum Gasteiger partial charge on any atom is 0.307 e. The summed E-state index contributed by atoms with van der Waals surface area (Å²) in [5, 5.41) is 12.4. The van der Waals surface area contributed by atoms with Gasteiger partial charge < -0.3 is 5.11 Å². The number of carboxylic acid groups (broad SMARTS) is 1. The molecule has 4 nitrogen and oxygen atoms in total. The van der Waals surface area contributed by atoms with E-state index in [1.165, 1.54) is 0 Å². The first-order chi connectivity index (χ1) is 5.22. The zero-order chi connectivity index (χ0) is 8.27. The smallest absolute Gasteiger partial charge is 0.307 e. The molecule has 0 aromatic carbocycles. The van der Waals surface area contributed by atoms with Crippen molar-refractivity contribution in [2.24, 2.45) is 0 Å². The Balaban J connectivity index is 2.65. The molecule has 0 spiro atoms. The Morgan fingerprint density at radius 2 is 2.55 bits per heavy atom. The largest absolute Gasteiger partial charge is 0.481 e. The zero-order valence-electron chi connectivity index (χ0n) is 6.32. The molecule has 0 unspecified atom stereocenters. The van der Waals surface area contributed by atoms with Gasteiger partial charge in [0.15, 0.2) is 0 Å². The lowest BCUT2D eigenvalue weighted by molar-refractivity contribution is -0.136. The Kier molecular flexibility index (Phi) is 2.25. The van der Waals surface area contributed by atoms with Gasteiger partial charge in [0.05, 0.1) is 12.6 Å². The summed E-state index contributed by atoms with van der Waals surface area (Å²) in [5.74, 6) is -0.819. The number of carboxylic acids is 1. The molecule has 1 aromatic heterocycles. The third-order valence-corrected chi connectivity index (χ3v) is 1.37. The van der Waals surface area contributed by atoms with E-state index in [1.807, 2.05) is 6.92 Å². The van der Waals surface area contributed by atoms with Gasteiger partial charge in [-0.25, -0.2) is 0 Å². The molecule has 1 rings (SSSR count). The number of nitrogens with zero attached hydrogens (tertiary/aromatic N) is 2. The fourth-order valence-corrected chi connectivity index (χ4v) is 0.845. The summed E-state index contributed by atoms with van der Waals surface area (Å²) < 4.78 is 1.71. The van der Waals surface area contributed by atoms with Crippen LogP contribution in [0.4, 0.5) is 0 Å². The standard InChI is InChI=1S/C7H10N2O2/c1-2-9-5-6(4-8-9)3-7(10)11/h4-5H,2-3H2,1H3,(H,10,11). The van der Waals surface area contributed by atoms with Gasteiger partial charge in [-0.2, -0.15) is 5.10 Å². The van der Waals surface area contributed by atoms with Crippen LogP contribution in [0.1, 0.15) is 12.5 Å². The van der Waals surface area contributed by atoms with E-state index in [-0.39, 0.29) is 6.42 Å². The number of carbonyl (C=O) groups is 1. The van der Waals surface area contributed by atoms with Crippen LogP contribution in [0.3, 0.4) is 0 Å². The summed E-state index contributed by atoms with van der Waals surface area (Å²) in [6.45, 7) is 2.73. The highest BCUT2D eigenvalue weighted by molar-refractivity contribution is 5.69. The highest BCUT2D eigenvalue weighted by atomic mass is 16.4. The topological polar surface area (TPSA) is 55.1 Å². The monoisotopic (exact) mass is 154 g/mol. The van der Waals surface area contributed by atoms with Gasteiger partial charge in [0.2, 0.25) is 0 Å². The molecule has 11 heavy (non-hydrogen) atoms. The zero-order valence-corrected chi connectivity index (χ0v) is 6.32. The van der Waals surface area contributed by atoms with Crippen LogP contribution in [0.15, 0.2) is 12.4 Å². The number of aryl methyl sites for hydroxylation is 1. The molecule has 0 aliphatic carbocycles. The summed E-state index contributed by atoms with van der Waals surface area (Å²) >= 11 is 0. The quantitative estimate of drug-likeness (QED) is 0.690. The van der Waals surface area contributed by atoms with E-state index < -0.39 is 5.97 Å². The Bertz CT molecular complexity index is 255. The second kappa shape index (κ2) is 3.18. The summed E-state index contributed by atoms with van der Waals surface area (Å²) in [6, 6.07) is 0. The van der Waals surface area contributed by atoms with E-state index in [1.54, 1.807) is 17.1 Å². The van der Waals surface area contributed by atoms with Crippen molar-refractivity contribution in [2.45, 2.75) is 19.9 Å². The van der Waals surface area contributed by atoms with Gasteiger partial charge >= 0.3 is 5.97 Å². The molecule has 0 atom stereocenters. The second-order valence-electron chi connectivity index (χ2n) is 2.27. The van der Waals surface area contributed by atoms with Crippen LogP contribution in [0.2, 0.25) is 0 Å². The fourth-order valence-electron chi connectivity index (χ4n) is 0.845. The molecule has 1 heterocycles. The van der Waals surface area contributed by atoms with Crippen molar-refractivity contribution in [1.29, 1.82) is 0 Å². The van der Waals surface area contributed by atoms with Crippen molar-refractivity contribution >= 4 is 5.97 Å². The lowest BCUT2D eigenvalue weighted by Crippen LogP contribution is -1.98. The summed E-state index contributed by atoms with van der Waals surface area (Å²) in [6.07, 6.45) is 3.38. The van der Waals surface area contributed by atoms with E-state index >= 15 is 0 Å². The van der Waals surface area contributed by atoms with Crippen LogP contribution >= 0.6 is 0 Å². The molecule has 0 saturated carbocycles. The van der Waals surface area contributed by atoms with Crippen LogP contribution in [0.25, 0.3) is 0 Å². The van der Waals surface area contributed by atoms with E-state index in [2.05, 4.69) is 5.10 Å². The average Bonchev–Trinajstić information content (AvgIpc) is 2.34. The average molecular weight is 154 g/mol. The number of aliphatic carboxylic acids is 1. The molecule has 4 heteroatoms. The first-order valence-corrected chi connectivity index (χ1v) is 3.45. The second-order valence-corrected chi connectivity index (χ2v) is 2.27. The maximum atomic E-state index is 10.2. The van der Waals surface area contributed by atoms with Gasteiger partial charge in [0, 0.05) is 18.3 Å². The van der Waals surface area contributed by atoms with Gasteiger partial charge in [0.1, 0.15) is 0 Å². The van der Waals surface area contributed by atoms with Crippen molar-refractivity contribution in [2.75, 3.05) is 0 Å². The molecule has 0 aliphatic heterocycles. The highest BCUT2D eigenvalue weighted by Crippen LogP contribution is 1.98. The van der Waals surface area contributed by atoms with E-state index in [9.17, 15) is 4.79 Å². The highest BCUT2D eigenvalue weighted by Gasteiger charge is 2.01. The number of rotatable bonds is 3. The molecular formula is C7H10N2O2. The predicted molar refractivity (Wildman–Crippen MR) is 39.2 cm³/mol. The SMILES string of the molecule is CCn1cc(CC(=O)O)cn1. The van der Waals surface area contributed by atoms with Gasteiger partial charge in [-0.05, 0) is 6.92 Å². The third-order valence-electron chi connectivity index (χ3n) is 1.37. The summed E-state index contributed by atoms with van der Waals surface area (Å²) in [7, 11) is 0. The van der Waals surface area contributed by atoms with Crippen LogP contribution < -0.4 is 0 Å². The fraction of sp³-hybridized carbons (Fsp3) is 0.429. The van der Waals surface area contributed by atoms with Crippen LogP contribution in [0.5, 0.6) is 0 Å². The molecule has 0 amide bonds. The van der Waals surface area contributed by atoms with Gasteiger partial charge in [-0.3, -0.25) is 9.48 Å². The molecular weight excluding hydrogens is 144 g/mol. The predicted octanol–water partition coefficient (Wildman–Crippen LogP) is 0.530. The first-order valence-electron chi connectivity index (χ1n) is 3.45. The van der Waals surface area contributed by atoms with Crippen molar-refractivity contribution in [3.63, 3.8) is 0 Å². The van der Waals surface area contributed by atoms with Gasteiger partial charge in [-0.1, -0.05) is 0 Å². The molecule has 0 radical (unpaired) electrons. The number of hydrogen-bond acceptors (Lipinski definition) is 2. The van der Waals surface area contributed by atoms with Crippen LogP contribution in [0, 0.1) is 0 Å². The molecule has 0 bridgehead atoms. The Morgan fingerprint density at radius 1 is 1.82 bits per heavy atom. The van der Waals surface area contributed by atoms with Crippen molar-refractivity contribution in [3.05, 3.63) is 18.0 Å². The maximum absolute atomic E-state index is 10.2. The van der Waals surface area contributed by atoms with Crippen LogP contribution in [-0.2, 0) is 17.8 Å². The summed E-state index contributed by atoms with van der Waals surface area (Å²) in [5.41, 5.74) is 0.749.